The van der Waals surface area contributed by atoms with Crippen molar-refractivity contribution >= 4 is 39.0 Å². The summed E-state index contributed by atoms with van der Waals surface area (Å²) in [5.74, 6) is 1.76. The zero-order chi connectivity index (χ0) is 30.2. The van der Waals surface area contributed by atoms with Gasteiger partial charge in [0.25, 0.3) is 0 Å². The normalized spacial score (nSPS) is 14.0. The van der Waals surface area contributed by atoms with Crippen LogP contribution in [0.1, 0.15) is 22.3 Å². The van der Waals surface area contributed by atoms with Crippen molar-refractivity contribution in [3.8, 4) is 17.2 Å². The van der Waals surface area contributed by atoms with E-state index in [9.17, 15) is 0 Å². The Hall–Kier alpha value is -6.27. The number of hydrogen-bond donors (Lipinski definition) is 0. The van der Waals surface area contributed by atoms with Crippen LogP contribution in [0.4, 0.5) is 17.1 Å². The molecule has 0 fully saturated rings. The number of para-hydroxylation sites is 4. The van der Waals surface area contributed by atoms with Gasteiger partial charge in [-0.05, 0) is 65.7 Å². The molecule has 2 aliphatic heterocycles. The van der Waals surface area contributed by atoms with Crippen LogP contribution in [0.2, 0.25) is 0 Å². The van der Waals surface area contributed by atoms with Gasteiger partial charge < -0.3 is 14.2 Å². The Morgan fingerprint density at radius 3 is 1.83 bits per heavy atom. The summed E-state index contributed by atoms with van der Waals surface area (Å²) in [5, 5.41) is 1.06. The van der Waals surface area contributed by atoms with E-state index in [1.807, 2.05) is 24.7 Å². The average Bonchev–Trinajstić information content (AvgIpc) is 3.46. The first-order valence-electron chi connectivity index (χ1n) is 15.3. The molecule has 5 aromatic carbocycles. The fourth-order valence-electron chi connectivity index (χ4n) is 7.75. The van der Waals surface area contributed by atoms with Gasteiger partial charge in [-0.2, -0.15) is 0 Å². The van der Waals surface area contributed by atoms with Crippen molar-refractivity contribution in [2.24, 2.45) is 0 Å². The van der Waals surface area contributed by atoms with Crippen molar-refractivity contribution in [3.63, 3.8) is 0 Å². The molecule has 0 unspecified atom stereocenters. The summed E-state index contributed by atoms with van der Waals surface area (Å²) in [5.41, 5.74) is 11.3. The minimum atomic E-state index is -0.565. The van der Waals surface area contributed by atoms with Gasteiger partial charge in [0, 0.05) is 28.4 Å². The highest BCUT2D eigenvalue weighted by Gasteiger charge is 2.50. The van der Waals surface area contributed by atoms with Crippen molar-refractivity contribution < 1.29 is 4.74 Å². The lowest BCUT2D eigenvalue weighted by molar-refractivity contribution is 0.434. The topological polar surface area (TPSA) is 56.1 Å². The van der Waals surface area contributed by atoms with Crippen LogP contribution in [0.25, 0.3) is 27.6 Å². The van der Waals surface area contributed by atoms with Gasteiger partial charge in [0.2, 0.25) is 0 Å². The highest BCUT2D eigenvalue weighted by molar-refractivity contribution is 6.09. The van der Waals surface area contributed by atoms with E-state index in [1.165, 1.54) is 11.1 Å². The molecule has 0 saturated carbocycles. The highest BCUT2D eigenvalue weighted by atomic mass is 16.5. The Kier molecular flexibility index (Phi) is 5.11. The second-order valence-corrected chi connectivity index (χ2v) is 11.7. The zero-order valence-electron chi connectivity index (χ0n) is 24.6. The molecule has 1 spiro atoms. The van der Waals surface area contributed by atoms with Crippen LogP contribution >= 0.6 is 0 Å². The van der Waals surface area contributed by atoms with Crippen molar-refractivity contribution in [3.05, 3.63) is 175 Å². The summed E-state index contributed by atoms with van der Waals surface area (Å²) < 4.78 is 8.73. The van der Waals surface area contributed by atoms with Crippen LogP contribution in [-0.4, -0.2) is 19.5 Å². The second kappa shape index (κ2) is 9.36. The van der Waals surface area contributed by atoms with E-state index < -0.39 is 5.41 Å². The number of hydrogen-bond acceptors (Lipinski definition) is 5. The molecule has 46 heavy (non-hydrogen) atoms. The van der Waals surface area contributed by atoms with Gasteiger partial charge in [0.1, 0.15) is 17.8 Å². The Morgan fingerprint density at radius 2 is 1.15 bits per heavy atom. The molecule has 216 valence electrons. The van der Waals surface area contributed by atoms with E-state index in [-0.39, 0.29) is 0 Å². The van der Waals surface area contributed by atoms with Gasteiger partial charge >= 0.3 is 0 Å². The fraction of sp³-hybridized carbons (Fsp3) is 0.0250. The van der Waals surface area contributed by atoms with E-state index in [1.54, 1.807) is 6.33 Å². The maximum absolute atomic E-state index is 6.54. The van der Waals surface area contributed by atoms with Crippen LogP contribution in [-0.2, 0) is 5.41 Å². The van der Waals surface area contributed by atoms with Gasteiger partial charge in [-0.1, -0.05) is 72.8 Å². The highest BCUT2D eigenvalue weighted by Crippen LogP contribution is 2.62. The maximum Gasteiger partial charge on any atom is 0.132 e. The van der Waals surface area contributed by atoms with Crippen LogP contribution < -0.4 is 9.64 Å². The minimum Gasteiger partial charge on any atom is -0.457 e. The number of nitrogens with zero attached hydrogens (tertiary/aromatic N) is 5. The van der Waals surface area contributed by atoms with E-state index in [4.69, 9.17) is 9.72 Å². The maximum atomic E-state index is 6.54. The number of ether oxygens (including phenoxy) is 1. The lowest BCUT2D eigenvalue weighted by Crippen LogP contribution is -2.39. The van der Waals surface area contributed by atoms with Gasteiger partial charge in [0.15, 0.2) is 0 Å². The summed E-state index contributed by atoms with van der Waals surface area (Å²) in [6.07, 6.45) is 7.09. The number of aromatic nitrogens is 4. The average molecular weight is 592 g/mol. The van der Waals surface area contributed by atoms with Crippen molar-refractivity contribution in [2.45, 2.75) is 5.41 Å². The third-order valence-electron chi connectivity index (χ3n) is 9.47. The molecule has 0 aliphatic carbocycles. The smallest absolute Gasteiger partial charge is 0.132 e. The van der Waals surface area contributed by atoms with Crippen molar-refractivity contribution in [1.82, 2.24) is 19.5 Å². The molecule has 5 heterocycles. The molecule has 2 aliphatic rings. The molecular formula is C40H25N5O. The summed E-state index contributed by atoms with van der Waals surface area (Å²) in [7, 11) is 0. The summed E-state index contributed by atoms with van der Waals surface area (Å²) in [6, 6.07) is 45.3. The standard InChI is InChI=1S/C40H25N5O/c1-5-14-34-29(10-1)40(31-12-3-7-17-37(31)46-38-18-8-4-13-32(38)40)30-11-2-6-15-35(30)44(34)26-19-20-33-28(22-26)39-36(16-9-21-43-39)45(33)27-23-41-25-42-24-27/h1-25H. The predicted molar refractivity (Wildman–Crippen MR) is 181 cm³/mol. The van der Waals surface area contributed by atoms with Gasteiger partial charge in [0.05, 0.1) is 51.4 Å². The number of anilines is 3. The second-order valence-electron chi connectivity index (χ2n) is 11.7. The Labute approximate surface area is 264 Å². The first kappa shape index (κ1) is 25.1. The summed E-state index contributed by atoms with van der Waals surface area (Å²) >= 11 is 0. The van der Waals surface area contributed by atoms with Crippen molar-refractivity contribution in [2.75, 3.05) is 4.90 Å². The minimum absolute atomic E-state index is 0.565. The number of benzene rings is 5. The van der Waals surface area contributed by atoms with E-state index in [0.29, 0.717) is 0 Å². The molecular weight excluding hydrogens is 566 g/mol. The number of fused-ring (bicyclic) bond motifs is 11. The van der Waals surface area contributed by atoms with Crippen LogP contribution in [0.15, 0.2) is 152 Å². The molecule has 0 saturated heterocycles. The van der Waals surface area contributed by atoms with Crippen LogP contribution in [0.3, 0.4) is 0 Å². The summed E-state index contributed by atoms with van der Waals surface area (Å²) in [6.45, 7) is 0. The summed E-state index contributed by atoms with van der Waals surface area (Å²) in [4.78, 5) is 15.9. The predicted octanol–water partition coefficient (Wildman–Crippen LogP) is 9.24. The third kappa shape index (κ3) is 3.22. The molecule has 8 aromatic rings. The first-order chi connectivity index (χ1) is 22.8. The largest absolute Gasteiger partial charge is 0.457 e. The Bertz CT molecular complexity index is 2390. The molecule has 0 radical (unpaired) electrons. The van der Waals surface area contributed by atoms with Crippen LogP contribution in [0.5, 0.6) is 11.5 Å². The Balaban J connectivity index is 1.28. The third-order valence-corrected chi connectivity index (χ3v) is 9.47. The number of rotatable bonds is 2. The molecule has 3 aromatic heterocycles. The van der Waals surface area contributed by atoms with Crippen molar-refractivity contribution in [1.29, 1.82) is 0 Å². The molecule has 10 rings (SSSR count). The van der Waals surface area contributed by atoms with Crippen LogP contribution in [0, 0.1) is 0 Å². The lowest BCUT2D eigenvalue weighted by atomic mass is 9.61. The monoisotopic (exact) mass is 591 g/mol. The molecule has 6 nitrogen and oxygen atoms in total. The van der Waals surface area contributed by atoms with Gasteiger partial charge in [-0.15, -0.1) is 0 Å². The zero-order valence-corrected chi connectivity index (χ0v) is 24.6. The molecule has 0 N–H and O–H groups in total. The Morgan fingerprint density at radius 1 is 0.543 bits per heavy atom. The van der Waals surface area contributed by atoms with Gasteiger partial charge in [-0.25, -0.2) is 9.97 Å². The molecule has 0 atom stereocenters. The fourth-order valence-corrected chi connectivity index (χ4v) is 7.75. The molecule has 0 bridgehead atoms. The first-order valence-corrected chi connectivity index (χ1v) is 15.3. The molecule has 6 heteroatoms. The SMILES string of the molecule is c1ccc2c(c1)Oc1ccccc1C21c2ccccc2N(c2ccc3c(c2)c2ncccc2n3-c2cncnc2)c2ccccc21. The van der Waals surface area contributed by atoms with E-state index in [2.05, 4.69) is 141 Å². The van der Waals surface area contributed by atoms with E-state index >= 15 is 0 Å². The van der Waals surface area contributed by atoms with Gasteiger partial charge in [-0.3, -0.25) is 4.98 Å². The quantitative estimate of drug-likeness (QED) is 0.201. The van der Waals surface area contributed by atoms with E-state index in [0.717, 1.165) is 67.3 Å². The lowest BCUT2D eigenvalue weighted by Gasteiger charge is -2.48. The molecule has 0 amide bonds. The number of pyridine rings is 1.